The molecule has 102 valence electrons. The van der Waals surface area contributed by atoms with Gasteiger partial charge in [0.2, 0.25) is 0 Å². The molecule has 0 aromatic carbocycles. The number of hydrogen-bond donors (Lipinski definition) is 0. The van der Waals surface area contributed by atoms with Crippen LogP contribution in [-0.4, -0.2) is 39.0 Å². The van der Waals surface area contributed by atoms with Gasteiger partial charge in [-0.1, -0.05) is 13.8 Å². The summed E-state index contributed by atoms with van der Waals surface area (Å²) in [7, 11) is -3.73. The molecule has 1 aliphatic heterocycles. The third-order valence-corrected chi connectivity index (χ3v) is 2.87. The van der Waals surface area contributed by atoms with Gasteiger partial charge < -0.3 is 9.08 Å². The molecule has 17 heavy (non-hydrogen) atoms. The summed E-state index contributed by atoms with van der Waals surface area (Å²) >= 11 is 0. The maximum absolute atomic E-state index is 11.9. The quantitative estimate of drug-likeness (QED) is 0.572. The normalized spacial score (nSPS) is 17.9. The molecule has 4 nitrogen and oxygen atoms in total. The second kappa shape index (κ2) is 6.25. The highest BCUT2D eigenvalue weighted by molar-refractivity contribution is 7.87. The minimum Gasteiger partial charge on any atom is -0.381 e. The smallest absolute Gasteiger partial charge is 0.381 e. The maximum atomic E-state index is 11.9. The monoisotopic (exact) mass is 275 g/mol. The molecule has 0 atom stereocenters. The average molecular weight is 275 g/mol. The largest absolute Gasteiger partial charge is 0.534 e. The van der Waals surface area contributed by atoms with Crippen LogP contribution in [0.4, 0.5) is 13.2 Å². The third kappa shape index (κ3) is 4.95. The standard InChI is InChI=1S/C7H10F3NO3S.C2H6/c1-11-4-2-6(3-5-11)14-15(12,13)7(8,9)10;1-2/h2H,3-5H2,1H3;1-2H3. The number of halogens is 3. The highest BCUT2D eigenvalue weighted by Gasteiger charge is 2.48. The van der Waals surface area contributed by atoms with Gasteiger partial charge in [-0.05, 0) is 13.1 Å². The van der Waals surface area contributed by atoms with Gasteiger partial charge in [0.15, 0.2) is 0 Å². The molecule has 1 heterocycles. The first-order valence-corrected chi connectivity index (χ1v) is 6.51. The van der Waals surface area contributed by atoms with Gasteiger partial charge in [0, 0.05) is 19.5 Å². The number of nitrogens with zero attached hydrogens (tertiary/aromatic N) is 1. The fraction of sp³-hybridized carbons (Fsp3) is 0.778. The van der Waals surface area contributed by atoms with E-state index in [1.807, 2.05) is 18.7 Å². The minimum absolute atomic E-state index is 0.148. The number of likely N-dealkylation sites (N-methyl/N-ethyl adjacent to an activating group) is 1. The number of rotatable bonds is 2. The van der Waals surface area contributed by atoms with E-state index >= 15 is 0 Å². The second-order valence-electron chi connectivity index (χ2n) is 3.17. The van der Waals surface area contributed by atoms with Crippen LogP contribution >= 0.6 is 0 Å². The number of hydrogen-bond acceptors (Lipinski definition) is 4. The van der Waals surface area contributed by atoms with E-state index in [1.165, 1.54) is 6.08 Å². The zero-order valence-electron chi connectivity index (χ0n) is 9.91. The number of alkyl halides is 3. The van der Waals surface area contributed by atoms with E-state index in [2.05, 4.69) is 4.18 Å². The van der Waals surface area contributed by atoms with Gasteiger partial charge in [0.1, 0.15) is 5.76 Å². The molecule has 0 aromatic heterocycles. The summed E-state index contributed by atoms with van der Waals surface area (Å²) in [5, 5.41) is 0. The molecule has 0 aromatic rings. The van der Waals surface area contributed by atoms with Gasteiger partial charge in [-0.3, -0.25) is 0 Å². The highest BCUT2D eigenvalue weighted by Crippen LogP contribution is 2.27. The molecule has 0 aliphatic carbocycles. The van der Waals surface area contributed by atoms with Crippen LogP contribution in [0.15, 0.2) is 11.8 Å². The van der Waals surface area contributed by atoms with Gasteiger partial charge in [-0.25, -0.2) is 0 Å². The van der Waals surface area contributed by atoms with E-state index in [9.17, 15) is 21.6 Å². The summed E-state index contributed by atoms with van der Waals surface area (Å²) < 4.78 is 60.9. The molecule has 0 unspecified atom stereocenters. The second-order valence-corrected chi connectivity index (χ2v) is 4.70. The summed E-state index contributed by atoms with van der Waals surface area (Å²) in [6, 6.07) is 0. The first-order chi connectivity index (χ1) is 7.72. The van der Waals surface area contributed by atoms with Crippen molar-refractivity contribution in [3.05, 3.63) is 11.8 Å². The fourth-order valence-electron chi connectivity index (χ4n) is 1.02. The zero-order chi connectivity index (χ0) is 13.7. The van der Waals surface area contributed by atoms with Crippen molar-refractivity contribution in [1.29, 1.82) is 0 Å². The third-order valence-electron chi connectivity index (χ3n) is 1.87. The van der Waals surface area contributed by atoms with Crippen molar-refractivity contribution in [3.8, 4) is 0 Å². The van der Waals surface area contributed by atoms with E-state index in [4.69, 9.17) is 0 Å². The maximum Gasteiger partial charge on any atom is 0.534 e. The van der Waals surface area contributed by atoms with Crippen LogP contribution in [0.1, 0.15) is 20.3 Å². The van der Waals surface area contributed by atoms with Crippen LogP contribution in [0.2, 0.25) is 0 Å². The van der Waals surface area contributed by atoms with Crippen molar-refractivity contribution < 1.29 is 25.8 Å². The van der Waals surface area contributed by atoms with Gasteiger partial charge in [0.05, 0.1) is 0 Å². The van der Waals surface area contributed by atoms with Crippen molar-refractivity contribution in [3.63, 3.8) is 0 Å². The molecule has 0 amide bonds. The Morgan fingerprint density at radius 3 is 2.24 bits per heavy atom. The van der Waals surface area contributed by atoms with Crippen LogP contribution in [-0.2, 0) is 14.3 Å². The fourth-order valence-corrected chi connectivity index (χ4v) is 1.54. The van der Waals surface area contributed by atoms with Crippen LogP contribution in [0.3, 0.4) is 0 Å². The van der Waals surface area contributed by atoms with Crippen molar-refractivity contribution in [2.24, 2.45) is 0 Å². The molecule has 0 fully saturated rings. The zero-order valence-corrected chi connectivity index (χ0v) is 10.7. The summed E-state index contributed by atoms with van der Waals surface area (Å²) in [6.45, 7) is 4.85. The molecule has 0 saturated carbocycles. The predicted molar refractivity (Wildman–Crippen MR) is 57.6 cm³/mol. The van der Waals surface area contributed by atoms with Crippen molar-refractivity contribution in [1.82, 2.24) is 4.90 Å². The minimum atomic E-state index is -5.50. The van der Waals surface area contributed by atoms with E-state index in [0.717, 1.165) is 0 Å². The molecule has 0 spiro atoms. The lowest BCUT2D eigenvalue weighted by atomic mass is 10.2. The molecule has 1 rings (SSSR count). The first kappa shape index (κ1) is 16.2. The molecule has 1 aliphatic rings. The molecule has 0 bridgehead atoms. The van der Waals surface area contributed by atoms with Crippen LogP contribution in [0.25, 0.3) is 0 Å². The predicted octanol–water partition coefficient (Wildman–Crippen LogP) is 2.10. The molecular formula is C9H16F3NO3S. The van der Waals surface area contributed by atoms with E-state index < -0.39 is 15.6 Å². The lowest BCUT2D eigenvalue weighted by Gasteiger charge is -2.21. The SMILES string of the molecule is CC.CN1CC=C(OS(=O)(=O)C(F)(F)F)CC1. The first-order valence-electron chi connectivity index (χ1n) is 5.11. The molecular weight excluding hydrogens is 259 g/mol. The molecule has 0 saturated heterocycles. The lowest BCUT2D eigenvalue weighted by Crippen LogP contribution is -2.29. The summed E-state index contributed by atoms with van der Waals surface area (Å²) in [5.41, 5.74) is -5.36. The van der Waals surface area contributed by atoms with E-state index in [0.29, 0.717) is 13.1 Å². The van der Waals surface area contributed by atoms with Gasteiger partial charge in [-0.2, -0.15) is 21.6 Å². The summed E-state index contributed by atoms with van der Waals surface area (Å²) in [6.07, 6.45) is 1.48. The molecule has 8 heteroatoms. The topological polar surface area (TPSA) is 46.6 Å². The highest BCUT2D eigenvalue weighted by atomic mass is 32.2. The van der Waals surface area contributed by atoms with Crippen molar-refractivity contribution in [2.45, 2.75) is 25.8 Å². The summed E-state index contributed by atoms with van der Waals surface area (Å²) in [4.78, 5) is 1.83. The lowest BCUT2D eigenvalue weighted by molar-refractivity contribution is -0.0524. The van der Waals surface area contributed by atoms with E-state index in [-0.39, 0.29) is 12.2 Å². The van der Waals surface area contributed by atoms with Gasteiger partial charge in [0.25, 0.3) is 0 Å². The Morgan fingerprint density at radius 1 is 1.35 bits per heavy atom. The summed E-state index contributed by atoms with van der Waals surface area (Å²) in [5.74, 6) is -0.148. The molecule has 0 radical (unpaired) electrons. The Hall–Kier alpha value is -0.760. The van der Waals surface area contributed by atoms with Crippen LogP contribution in [0.5, 0.6) is 0 Å². The van der Waals surface area contributed by atoms with Crippen LogP contribution < -0.4 is 0 Å². The van der Waals surface area contributed by atoms with Gasteiger partial charge >= 0.3 is 15.6 Å². The average Bonchev–Trinajstić information content (AvgIpc) is 2.22. The Balaban J connectivity index is 0.00000121. The Labute approximate surface area is 99.2 Å². The van der Waals surface area contributed by atoms with Gasteiger partial charge in [-0.15, -0.1) is 0 Å². The van der Waals surface area contributed by atoms with E-state index in [1.54, 1.807) is 7.05 Å². The van der Waals surface area contributed by atoms with Crippen LogP contribution in [0, 0.1) is 0 Å². The molecule has 0 N–H and O–H groups in total. The van der Waals surface area contributed by atoms with Crippen molar-refractivity contribution >= 4 is 10.1 Å². The van der Waals surface area contributed by atoms with Crippen molar-refractivity contribution in [2.75, 3.05) is 20.1 Å². The Bertz CT molecular complexity index is 362. The Morgan fingerprint density at radius 2 is 1.88 bits per heavy atom. The Kier molecular flexibility index (Phi) is 5.97.